The molecule has 1 saturated carbocycles. The van der Waals surface area contributed by atoms with Crippen LogP contribution in [0.1, 0.15) is 82.1 Å². The van der Waals surface area contributed by atoms with E-state index < -0.39 is 6.04 Å². The van der Waals surface area contributed by atoms with Gasteiger partial charge in [-0.25, -0.2) is 9.78 Å². The lowest BCUT2D eigenvalue weighted by Gasteiger charge is -2.37. The first kappa shape index (κ1) is 24.4. The third kappa shape index (κ3) is 4.90. The van der Waals surface area contributed by atoms with Crippen molar-refractivity contribution < 1.29 is 9.53 Å². The van der Waals surface area contributed by atoms with Gasteiger partial charge in [0.15, 0.2) is 0 Å². The van der Waals surface area contributed by atoms with E-state index in [1.54, 1.807) is 22.8 Å². The Hall–Kier alpha value is -1.73. The lowest BCUT2D eigenvalue weighted by atomic mass is 9.75. The summed E-state index contributed by atoms with van der Waals surface area (Å²) in [6, 6.07) is -0.698. The molecule has 2 fully saturated rings. The zero-order chi connectivity index (χ0) is 23.9. The number of likely N-dealkylation sites (tertiary alicyclic amines) is 1. The van der Waals surface area contributed by atoms with E-state index in [2.05, 4.69) is 25.7 Å². The van der Waals surface area contributed by atoms with Crippen molar-refractivity contribution >= 4 is 27.5 Å². The van der Waals surface area contributed by atoms with Crippen LogP contribution in [-0.2, 0) is 16.1 Å². The van der Waals surface area contributed by atoms with Gasteiger partial charge in [0, 0.05) is 4.88 Å². The van der Waals surface area contributed by atoms with E-state index in [9.17, 15) is 9.59 Å². The van der Waals surface area contributed by atoms with Crippen LogP contribution in [0.15, 0.2) is 4.79 Å². The molecule has 0 aromatic carbocycles. The van der Waals surface area contributed by atoms with Gasteiger partial charge in [-0.2, -0.15) is 0 Å². The Morgan fingerprint density at radius 2 is 1.88 bits per heavy atom. The number of thiophene rings is 1. The maximum atomic E-state index is 13.7. The molecule has 0 amide bonds. The molecule has 1 aliphatic carbocycles. The fourth-order valence-corrected chi connectivity index (χ4v) is 6.64. The topological polar surface area (TPSA) is 64.4 Å². The van der Waals surface area contributed by atoms with E-state index in [1.807, 2.05) is 13.8 Å². The van der Waals surface area contributed by atoms with Crippen molar-refractivity contribution in [2.45, 2.75) is 92.3 Å². The van der Waals surface area contributed by atoms with Gasteiger partial charge < -0.3 is 4.74 Å². The third-order valence-electron chi connectivity index (χ3n) is 7.83. The number of aromatic nitrogens is 2. The number of carbonyl (C=O) groups excluding carboxylic acids is 1. The van der Waals surface area contributed by atoms with Gasteiger partial charge in [0.1, 0.15) is 22.8 Å². The smallest absolute Gasteiger partial charge is 0.329 e. The first-order valence-electron chi connectivity index (χ1n) is 12.6. The van der Waals surface area contributed by atoms with E-state index in [1.165, 1.54) is 6.42 Å². The van der Waals surface area contributed by atoms with Crippen LogP contribution in [0.2, 0.25) is 0 Å². The van der Waals surface area contributed by atoms with Gasteiger partial charge in [-0.05, 0) is 82.9 Å². The van der Waals surface area contributed by atoms with E-state index in [0.29, 0.717) is 35.5 Å². The highest BCUT2D eigenvalue weighted by Crippen LogP contribution is 2.36. The van der Waals surface area contributed by atoms with Crippen LogP contribution in [0.5, 0.6) is 0 Å². The zero-order valence-corrected chi connectivity index (χ0v) is 21.8. The van der Waals surface area contributed by atoms with Crippen LogP contribution in [0.4, 0.5) is 0 Å². The van der Waals surface area contributed by atoms with Crippen molar-refractivity contribution in [3.63, 3.8) is 0 Å². The number of hydrogen-bond donors (Lipinski definition) is 0. The van der Waals surface area contributed by atoms with Crippen LogP contribution in [-0.4, -0.2) is 39.6 Å². The van der Waals surface area contributed by atoms with Crippen molar-refractivity contribution in [1.29, 1.82) is 0 Å². The summed E-state index contributed by atoms with van der Waals surface area (Å²) in [5.74, 6) is 1.76. The van der Waals surface area contributed by atoms with E-state index in [0.717, 1.165) is 54.0 Å². The molecule has 0 bridgehead atoms. The highest BCUT2D eigenvalue weighted by molar-refractivity contribution is 7.18. The summed E-state index contributed by atoms with van der Waals surface area (Å²) in [7, 11) is 0. The number of hydrogen-bond acceptors (Lipinski definition) is 6. The minimum absolute atomic E-state index is 0.0803. The van der Waals surface area contributed by atoms with Crippen molar-refractivity contribution in [3.8, 4) is 0 Å². The molecule has 4 atom stereocenters. The second-order valence-corrected chi connectivity index (χ2v) is 11.8. The zero-order valence-electron chi connectivity index (χ0n) is 21.0. The molecular formula is C26H39N3O3S. The molecule has 0 radical (unpaired) electrons. The fourth-order valence-electron chi connectivity index (χ4n) is 5.60. The molecule has 182 valence electrons. The van der Waals surface area contributed by atoms with Gasteiger partial charge >= 0.3 is 5.97 Å². The van der Waals surface area contributed by atoms with E-state index >= 15 is 0 Å². The summed E-state index contributed by atoms with van der Waals surface area (Å²) in [6.45, 7) is 15.1. The Labute approximate surface area is 201 Å². The molecule has 1 aliphatic heterocycles. The molecule has 6 nitrogen and oxygen atoms in total. The Bertz CT molecular complexity index is 1070. The van der Waals surface area contributed by atoms with Crippen LogP contribution in [0.25, 0.3) is 10.2 Å². The normalized spacial score (nSPS) is 25.1. The summed E-state index contributed by atoms with van der Waals surface area (Å²) in [6.07, 6.45) is 5.42. The largest absolute Gasteiger partial charge is 0.461 e. The van der Waals surface area contributed by atoms with Gasteiger partial charge in [-0.3, -0.25) is 14.3 Å². The maximum absolute atomic E-state index is 13.7. The monoisotopic (exact) mass is 473 g/mol. The number of fused-ring (bicyclic) bond motifs is 1. The fraction of sp³-hybridized carbons (Fsp3) is 0.731. The van der Waals surface area contributed by atoms with E-state index in [4.69, 9.17) is 9.72 Å². The Morgan fingerprint density at radius 3 is 2.55 bits per heavy atom. The Kier molecular flexibility index (Phi) is 7.29. The summed E-state index contributed by atoms with van der Waals surface area (Å²) in [5.41, 5.74) is 0.855. The SMILES string of the molecule is Cc1sc2nc(CN3CCCC3)n(C(C)C(=O)OC3CC(C)CCC3C(C)C)c(=O)c2c1C. The van der Waals surface area contributed by atoms with Gasteiger partial charge in [-0.15, -0.1) is 11.3 Å². The molecule has 2 aliphatic rings. The summed E-state index contributed by atoms with van der Waals surface area (Å²) in [5, 5.41) is 0.647. The van der Waals surface area contributed by atoms with Gasteiger partial charge in [0.25, 0.3) is 5.56 Å². The van der Waals surface area contributed by atoms with Crippen LogP contribution < -0.4 is 5.56 Å². The first-order valence-corrected chi connectivity index (χ1v) is 13.4. The molecule has 2 aromatic rings. The summed E-state index contributed by atoms with van der Waals surface area (Å²) in [4.78, 5) is 36.3. The van der Waals surface area contributed by atoms with Crippen LogP contribution in [0.3, 0.4) is 0 Å². The standard InChI is InChI=1S/C26H39N3O3S/c1-15(2)20-10-9-16(3)13-21(20)32-26(31)18(5)29-22(14-28-11-7-8-12-28)27-24-23(25(29)30)17(4)19(6)33-24/h15-16,18,20-21H,7-14H2,1-6H3. The highest BCUT2D eigenvalue weighted by atomic mass is 32.1. The minimum Gasteiger partial charge on any atom is -0.461 e. The molecule has 2 aromatic heterocycles. The van der Waals surface area contributed by atoms with Crippen LogP contribution in [0, 0.1) is 31.6 Å². The number of nitrogens with zero attached hydrogens (tertiary/aromatic N) is 3. The highest BCUT2D eigenvalue weighted by Gasteiger charge is 2.35. The number of ether oxygens (including phenoxy) is 1. The van der Waals surface area contributed by atoms with Crippen molar-refractivity contribution in [2.24, 2.45) is 17.8 Å². The molecule has 4 rings (SSSR count). The number of rotatable bonds is 6. The summed E-state index contributed by atoms with van der Waals surface area (Å²) >= 11 is 1.57. The summed E-state index contributed by atoms with van der Waals surface area (Å²) < 4.78 is 7.77. The maximum Gasteiger partial charge on any atom is 0.329 e. The minimum atomic E-state index is -0.698. The quantitative estimate of drug-likeness (QED) is 0.537. The predicted molar refractivity (Wildman–Crippen MR) is 134 cm³/mol. The molecule has 4 unspecified atom stereocenters. The van der Waals surface area contributed by atoms with Crippen molar-refractivity contribution in [3.05, 3.63) is 26.6 Å². The molecule has 0 N–H and O–H groups in total. The number of carbonyl (C=O) groups is 1. The third-order valence-corrected chi connectivity index (χ3v) is 8.93. The number of esters is 1. The van der Waals surface area contributed by atoms with Crippen molar-refractivity contribution in [1.82, 2.24) is 14.5 Å². The van der Waals surface area contributed by atoms with Gasteiger partial charge in [-0.1, -0.05) is 27.2 Å². The molecule has 0 spiro atoms. The van der Waals surface area contributed by atoms with Gasteiger partial charge in [0.05, 0.1) is 11.9 Å². The first-order chi connectivity index (χ1) is 15.7. The van der Waals surface area contributed by atoms with E-state index in [-0.39, 0.29) is 17.6 Å². The molecule has 33 heavy (non-hydrogen) atoms. The Balaban J connectivity index is 1.68. The second-order valence-electron chi connectivity index (χ2n) is 10.6. The molecule has 7 heteroatoms. The van der Waals surface area contributed by atoms with Crippen molar-refractivity contribution in [2.75, 3.05) is 13.1 Å². The molecule has 3 heterocycles. The molecule has 1 saturated heterocycles. The predicted octanol–water partition coefficient (Wildman–Crippen LogP) is 5.24. The van der Waals surface area contributed by atoms with Crippen LogP contribution >= 0.6 is 11.3 Å². The average molecular weight is 474 g/mol. The molecular weight excluding hydrogens is 434 g/mol. The number of aryl methyl sites for hydroxylation is 2. The average Bonchev–Trinajstić information content (AvgIpc) is 3.35. The second kappa shape index (κ2) is 9.87. The Morgan fingerprint density at radius 1 is 1.18 bits per heavy atom. The van der Waals surface area contributed by atoms with Gasteiger partial charge in [0.2, 0.25) is 0 Å². The lowest BCUT2D eigenvalue weighted by Crippen LogP contribution is -2.40. The lowest BCUT2D eigenvalue weighted by molar-refractivity contribution is -0.159.